The van der Waals surface area contributed by atoms with Gasteiger partial charge in [-0.25, -0.2) is 8.42 Å². The molecule has 0 aliphatic heterocycles. The van der Waals surface area contributed by atoms with E-state index >= 15 is 0 Å². The molecule has 1 aromatic heterocycles. The number of aryl methyl sites for hydroxylation is 1. The molecule has 0 saturated heterocycles. The van der Waals surface area contributed by atoms with Gasteiger partial charge >= 0.3 is 5.97 Å². The minimum Gasteiger partial charge on any atom is -0.468 e. The largest absolute Gasteiger partial charge is 0.468 e. The van der Waals surface area contributed by atoms with Gasteiger partial charge in [-0.1, -0.05) is 80.6 Å². The third-order valence-electron chi connectivity index (χ3n) is 8.00. The number of hydrogen-bond acceptors (Lipinski definition) is 8. The van der Waals surface area contributed by atoms with E-state index in [2.05, 4.69) is 10.0 Å². The molecule has 0 fully saturated rings. The maximum absolute atomic E-state index is 14.1. The van der Waals surface area contributed by atoms with Crippen molar-refractivity contribution in [1.82, 2.24) is 10.0 Å². The summed E-state index contributed by atoms with van der Waals surface area (Å²) in [5.41, 5.74) is 3.46. The molecule has 0 bridgehead atoms. The Morgan fingerprint density at radius 3 is 2.35 bits per heavy atom. The van der Waals surface area contributed by atoms with Gasteiger partial charge in [-0.2, -0.15) is 4.72 Å². The highest BCUT2D eigenvalue weighted by Gasteiger charge is 2.47. The number of non-ortho nitro benzene ring substituents is 1. The lowest BCUT2D eigenvalue weighted by atomic mass is 9.96. The summed E-state index contributed by atoms with van der Waals surface area (Å²) in [6.07, 6.45) is 4.58. The lowest BCUT2D eigenvalue weighted by Gasteiger charge is -2.34. The van der Waals surface area contributed by atoms with Gasteiger partial charge in [-0.05, 0) is 47.2 Å². The fourth-order valence-electron chi connectivity index (χ4n) is 5.48. The van der Waals surface area contributed by atoms with E-state index in [1.807, 2.05) is 30.3 Å². The number of allylic oxidation sites excluding steroid dienone is 2. The molecule has 5 rings (SSSR count). The number of carbonyl (C=O) groups excluding carboxylic acids is 2. The molecule has 46 heavy (non-hydrogen) atoms. The number of methoxy groups -OCH3 is 1. The Balaban J connectivity index is 1.56. The van der Waals surface area contributed by atoms with Crippen LogP contribution in [0.4, 0.5) is 5.69 Å². The Kier molecular flexibility index (Phi) is 8.95. The van der Waals surface area contributed by atoms with Gasteiger partial charge in [0.1, 0.15) is 11.6 Å². The van der Waals surface area contributed by atoms with E-state index < -0.39 is 43.7 Å². The van der Waals surface area contributed by atoms with Crippen molar-refractivity contribution < 1.29 is 32.1 Å². The Morgan fingerprint density at radius 1 is 1.02 bits per heavy atom. The second-order valence-corrected chi connectivity index (χ2v) is 13.3. The van der Waals surface area contributed by atoms with E-state index in [-0.39, 0.29) is 17.9 Å². The lowest BCUT2D eigenvalue weighted by molar-refractivity contribution is -0.384. The SMILES string of the molecule is COC(=O)[C@@H](NS(=O)(=O)C1(NC(=O)c2oc3cccc(-c4cccc([N+](=O)[O-])c4)c3c2C)C=CC(c2ccccc2)=CC1)C(C)C. The number of ether oxygens (including phenoxy) is 1. The zero-order valence-corrected chi connectivity index (χ0v) is 26.5. The monoisotopic (exact) mass is 643 g/mol. The fourth-order valence-corrected chi connectivity index (χ4v) is 7.17. The normalized spacial score (nSPS) is 17.0. The summed E-state index contributed by atoms with van der Waals surface area (Å²) < 4.78 is 41.6. The number of carbonyl (C=O) groups is 2. The van der Waals surface area contributed by atoms with E-state index in [4.69, 9.17) is 9.15 Å². The van der Waals surface area contributed by atoms with Crippen molar-refractivity contribution in [2.45, 2.75) is 38.1 Å². The quantitative estimate of drug-likeness (QED) is 0.123. The fraction of sp³-hybridized carbons (Fsp3) is 0.235. The average Bonchev–Trinajstić information content (AvgIpc) is 3.40. The van der Waals surface area contributed by atoms with Crippen LogP contribution in [0.5, 0.6) is 0 Å². The van der Waals surface area contributed by atoms with Crippen LogP contribution in [-0.4, -0.2) is 43.2 Å². The van der Waals surface area contributed by atoms with Gasteiger partial charge < -0.3 is 14.5 Å². The molecular formula is C34H33N3O8S. The number of amides is 1. The Labute approximate surface area is 266 Å². The summed E-state index contributed by atoms with van der Waals surface area (Å²) in [4.78, 5) is 35.4. The number of rotatable bonds is 10. The maximum atomic E-state index is 14.1. The Bertz CT molecular complexity index is 2000. The third-order valence-corrected chi connectivity index (χ3v) is 9.93. The minimum absolute atomic E-state index is 0.0908. The van der Waals surface area contributed by atoms with Crippen LogP contribution in [0.2, 0.25) is 0 Å². The van der Waals surface area contributed by atoms with Crippen LogP contribution in [0.1, 0.15) is 41.9 Å². The molecule has 2 atom stereocenters. The summed E-state index contributed by atoms with van der Waals surface area (Å²) in [5, 5.41) is 14.7. The van der Waals surface area contributed by atoms with Gasteiger partial charge in [0, 0.05) is 29.5 Å². The third kappa shape index (κ3) is 6.09. The number of hydrogen-bond donors (Lipinski definition) is 2. The number of nitro groups is 1. The summed E-state index contributed by atoms with van der Waals surface area (Å²) in [6, 6.07) is 19.4. The molecule has 1 aliphatic rings. The number of nitro benzene ring substituents is 1. The number of fused-ring (bicyclic) bond motifs is 1. The van der Waals surface area contributed by atoms with Crippen molar-refractivity contribution in [3.63, 3.8) is 0 Å². The smallest absolute Gasteiger partial charge is 0.324 e. The van der Waals surface area contributed by atoms with Crippen molar-refractivity contribution in [2.75, 3.05) is 7.11 Å². The highest BCUT2D eigenvalue weighted by Crippen LogP contribution is 2.37. The van der Waals surface area contributed by atoms with Crippen LogP contribution >= 0.6 is 0 Å². The first kappa shape index (κ1) is 32.3. The summed E-state index contributed by atoms with van der Waals surface area (Å²) >= 11 is 0. The van der Waals surface area contributed by atoms with Crippen molar-refractivity contribution in [2.24, 2.45) is 5.92 Å². The summed E-state index contributed by atoms with van der Waals surface area (Å²) in [6.45, 7) is 5.02. The summed E-state index contributed by atoms with van der Waals surface area (Å²) in [5.74, 6) is -2.14. The molecule has 1 heterocycles. The van der Waals surface area contributed by atoms with Crippen molar-refractivity contribution in [3.8, 4) is 11.1 Å². The van der Waals surface area contributed by atoms with Gasteiger partial charge in [0.05, 0.1) is 12.0 Å². The zero-order valence-electron chi connectivity index (χ0n) is 25.6. The number of esters is 1. The number of benzene rings is 3. The molecule has 0 spiro atoms. The van der Waals surface area contributed by atoms with Crippen LogP contribution in [-0.2, 0) is 19.6 Å². The first-order chi connectivity index (χ1) is 21.9. The van der Waals surface area contributed by atoms with Crippen molar-refractivity contribution in [3.05, 3.63) is 118 Å². The van der Waals surface area contributed by atoms with Crippen LogP contribution in [0.15, 0.2) is 95.4 Å². The Morgan fingerprint density at radius 2 is 1.72 bits per heavy atom. The first-order valence-corrected chi connectivity index (χ1v) is 16.0. The second kappa shape index (κ2) is 12.7. The predicted molar refractivity (Wildman–Crippen MR) is 174 cm³/mol. The van der Waals surface area contributed by atoms with Gasteiger partial charge in [-0.15, -0.1) is 0 Å². The number of nitrogens with one attached hydrogen (secondary N) is 2. The second-order valence-electron chi connectivity index (χ2n) is 11.3. The standard InChI is InChI=1S/C34H33N3O8S/c1-21(2)30(33(39)44-4)36-46(42,43)34(18-16-24(17-19-34)23-10-6-5-7-11-23)35-32(38)31-22(3)29-27(14-9-15-28(29)45-31)25-12-8-13-26(20-25)37(40)41/h5-18,20-21,30,36H,19H2,1-4H3,(H,35,38)/t30-,34?/m0/s1. The van der Waals surface area contributed by atoms with E-state index in [1.54, 1.807) is 63.3 Å². The molecule has 1 amide bonds. The van der Waals surface area contributed by atoms with E-state index in [0.717, 1.165) is 11.1 Å². The molecule has 0 saturated carbocycles. The minimum atomic E-state index is -4.48. The van der Waals surface area contributed by atoms with Crippen LogP contribution in [0.3, 0.4) is 0 Å². The maximum Gasteiger partial charge on any atom is 0.324 e. The van der Waals surface area contributed by atoms with E-state index in [1.165, 1.54) is 25.3 Å². The number of furan rings is 1. The van der Waals surface area contributed by atoms with Crippen LogP contribution in [0.25, 0.3) is 27.7 Å². The molecule has 1 aliphatic carbocycles. The lowest BCUT2D eigenvalue weighted by Crippen LogP contribution is -2.60. The zero-order chi connectivity index (χ0) is 33.2. The molecule has 2 N–H and O–H groups in total. The van der Waals surface area contributed by atoms with Crippen molar-refractivity contribution >= 4 is 44.1 Å². The topological polar surface area (TPSA) is 158 Å². The molecule has 12 heteroatoms. The molecule has 4 aromatic rings. The average molecular weight is 644 g/mol. The number of nitrogens with zero attached hydrogens (tertiary/aromatic N) is 1. The van der Waals surface area contributed by atoms with Gasteiger partial charge in [0.15, 0.2) is 10.6 Å². The number of sulfonamides is 1. The first-order valence-electron chi connectivity index (χ1n) is 14.5. The Hall–Kier alpha value is -5.07. The highest BCUT2D eigenvalue weighted by molar-refractivity contribution is 7.91. The van der Waals surface area contributed by atoms with Crippen LogP contribution in [0, 0.1) is 23.0 Å². The predicted octanol–water partition coefficient (Wildman–Crippen LogP) is 5.90. The van der Waals surface area contributed by atoms with Gasteiger partial charge in [-0.3, -0.25) is 19.7 Å². The van der Waals surface area contributed by atoms with Gasteiger partial charge in [0.25, 0.3) is 11.6 Å². The molecule has 1 unspecified atom stereocenters. The van der Waals surface area contributed by atoms with E-state index in [9.17, 15) is 28.1 Å². The van der Waals surface area contributed by atoms with Gasteiger partial charge in [0.2, 0.25) is 10.0 Å². The molecule has 238 valence electrons. The highest BCUT2D eigenvalue weighted by atomic mass is 32.2. The molecule has 11 nitrogen and oxygen atoms in total. The van der Waals surface area contributed by atoms with Crippen molar-refractivity contribution in [1.29, 1.82) is 0 Å². The van der Waals surface area contributed by atoms with E-state index in [0.29, 0.717) is 27.7 Å². The summed E-state index contributed by atoms with van der Waals surface area (Å²) in [7, 11) is -3.31. The molecule has 3 aromatic carbocycles. The van der Waals surface area contributed by atoms with Crippen LogP contribution < -0.4 is 10.0 Å². The molecular weight excluding hydrogens is 610 g/mol. The molecule has 0 radical (unpaired) electrons.